The minimum Gasteiger partial charge on any atom is -0.461 e. The Hall–Kier alpha value is -1.56. The van der Waals surface area contributed by atoms with Crippen LogP contribution in [0.4, 0.5) is 0 Å². The molecule has 1 rings (SSSR count). The number of ether oxygens (including phenoxy) is 3. The molecule has 1 aromatic rings. The van der Waals surface area contributed by atoms with Crippen molar-refractivity contribution in [2.45, 2.75) is 26.7 Å². The normalized spacial score (nSPS) is 10.3. The summed E-state index contributed by atoms with van der Waals surface area (Å²) in [4.78, 5) is 15.1. The third-order valence-electron chi connectivity index (χ3n) is 2.06. The first-order chi connectivity index (χ1) is 8.77. The van der Waals surface area contributed by atoms with Gasteiger partial charge in [-0.2, -0.15) is 4.98 Å². The second kappa shape index (κ2) is 8.52. The van der Waals surface area contributed by atoms with Crippen LogP contribution in [0.5, 0.6) is 6.08 Å². The maximum absolute atomic E-state index is 11.3. The average molecular weight is 257 g/mol. The van der Waals surface area contributed by atoms with E-state index >= 15 is 0 Å². The number of unbranched alkanes of at least 4 members (excludes halogenated alkanes) is 1. The third-order valence-corrected chi connectivity index (χ3v) is 2.06. The number of hydrogen-bond donors (Lipinski definition) is 0. The van der Waals surface area contributed by atoms with E-state index in [1.807, 2.05) is 0 Å². The number of rotatable bonds is 9. The van der Waals surface area contributed by atoms with E-state index in [4.69, 9.17) is 18.6 Å². The highest BCUT2D eigenvalue weighted by atomic mass is 16.6. The highest BCUT2D eigenvalue weighted by Crippen LogP contribution is 2.10. The summed E-state index contributed by atoms with van der Waals surface area (Å²) in [6.07, 6.45) is 3.40. The van der Waals surface area contributed by atoms with Crippen LogP contribution in [0.15, 0.2) is 10.7 Å². The van der Waals surface area contributed by atoms with Crippen LogP contribution in [0.2, 0.25) is 0 Å². The van der Waals surface area contributed by atoms with Gasteiger partial charge in [0.2, 0.25) is 0 Å². The lowest BCUT2D eigenvalue weighted by Gasteiger charge is -2.02. The molecule has 18 heavy (non-hydrogen) atoms. The second-order valence-corrected chi connectivity index (χ2v) is 3.53. The standard InChI is InChI=1S/C12H19NO5/c1-3-5-6-15-7-8-17-12-13-10(9-18-12)11(14)16-4-2/h9H,3-8H2,1-2H3. The average Bonchev–Trinajstić information content (AvgIpc) is 2.83. The van der Waals surface area contributed by atoms with E-state index in [9.17, 15) is 4.79 Å². The van der Waals surface area contributed by atoms with Crippen LogP contribution in [0.3, 0.4) is 0 Å². The van der Waals surface area contributed by atoms with Crippen LogP contribution in [-0.2, 0) is 9.47 Å². The molecule has 0 aromatic carbocycles. The Morgan fingerprint density at radius 2 is 2.17 bits per heavy atom. The molecule has 0 bridgehead atoms. The minimum atomic E-state index is -0.518. The van der Waals surface area contributed by atoms with Crippen LogP contribution >= 0.6 is 0 Å². The van der Waals surface area contributed by atoms with Crippen molar-refractivity contribution in [3.05, 3.63) is 12.0 Å². The number of aromatic nitrogens is 1. The molecular weight excluding hydrogens is 238 g/mol. The molecule has 0 unspecified atom stereocenters. The van der Waals surface area contributed by atoms with Crippen molar-refractivity contribution in [3.8, 4) is 6.08 Å². The van der Waals surface area contributed by atoms with Crippen molar-refractivity contribution in [1.29, 1.82) is 0 Å². The molecule has 6 heteroatoms. The largest absolute Gasteiger partial charge is 0.461 e. The number of carbonyl (C=O) groups excluding carboxylic acids is 1. The summed E-state index contributed by atoms with van der Waals surface area (Å²) < 4.78 is 20.2. The Morgan fingerprint density at radius 3 is 2.89 bits per heavy atom. The smallest absolute Gasteiger partial charge is 0.394 e. The Kier molecular flexibility index (Phi) is 6.86. The molecule has 0 atom stereocenters. The van der Waals surface area contributed by atoms with Crippen molar-refractivity contribution in [1.82, 2.24) is 4.98 Å². The molecule has 0 saturated carbocycles. The summed E-state index contributed by atoms with van der Waals surface area (Å²) in [6.45, 7) is 5.66. The van der Waals surface area contributed by atoms with Gasteiger partial charge in [0.05, 0.1) is 13.2 Å². The first-order valence-electron chi connectivity index (χ1n) is 6.11. The van der Waals surface area contributed by atoms with Gasteiger partial charge >= 0.3 is 12.0 Å². The van der Waals surface area contributed by atoms with E-state index in [1.54, 1.807) is 6.92 Å². The highest BCUT2D eigenvalue weighted by Gasteiger charge is 2.13. The molecule has 0 saturated heterocycles. The molecule has 1 heterocycles. The van der Waals surface area contributed by atoms with Gasteiger partial charge in [0.15, 0.2) is 5.69 Å². The summed E-state index contributed by atoms with van der Waals surface area (Å²) in [5.41, 5.74) is 0.110. The van der Waals surface area contributed by atoms with E-state index in [2.05, 4.69) is 11.9 Å². The number of carbonyl (C=O) groups is 1. The van der Waals surface area contributed by atoms with Crippen molar-refractivity contribution in [3.63, 3.8) is 0 Å². The van der Waals surface area contributed by atoms with Gasteiger partial charge in [0.1, 0.15) is 12.9 Å². The quantitative estimate of drug-likeness (QED) is 0.498. The van der Waals surface area contributed by atoms with Gasteiger partial charge in [-0.3, -0.25) is 0 Å². The minimum absolute atomic E-state index is 0.0529. The van der Waals surface area contributed by atoms with Crippen molar-refractivity contribution >= 4 is 5.97 Å². The number of nitrogens with zero attached hydrogens (tertiary/aromatic N) is 1. The summed E-state index contributed by atoms with van der Waals surface area (Å²) in [7, 11) is 0. The van der Waals surface area contributed by atoms with Crippen molar-refractivity contribution < 1.29 is 23.4 Å². The summed E-state index contributed by atoms with van der Waals surface area (Å²) in [5.74, 6) is -0.518. The van der Waals surface area contributed by atoms with Gasteiger partial charge < -0.3 is 18.6 Å². The fourth-order valence-electron chi connectivity index (χ4n) is 1.16. The molecular formula is C12H19NO5. The number of oxazole rings is 1. The van der Waals surface area contributed by atoms with Gasteiger partial charge in [0.25, 0.3) is 0 Å². The maximum atomic E-state index is 11.3. The monoisotopic (exact) mass is 257 g/mol. The topological polar surface area (TPSA) is 70.8 Å². The van der Waals surface area contributed by atoms with Gasteiger partial charge in [-0.05, 0) is 13.3 Å². The molecule has 0 spiro atoms. The molecule has 0 aliphatic heterocycles. The molecule has 6 nitrogen and oxygen atoms in total. The molecule has 0 radical (unpaired) electrons. The zero-order valence-electron chi connectivity index (χ0n) is 10.8. The second-order valence-electron chi connectivity index (χ2n) is 3.53. The molecule has 0 amide bonds. The summed E-state index contributed by atoms with van der Waals surface area (Å²) >= 11 is 0. The van der Waals surface area contributed by atoms with Crippen molar-refractivity contribution in [2.24, 2.45) is 0 Å². The van der Waals surface area contributed by atoms with Crippen LogP contribution in [0.25, 0.3) is 0 Å². The lowest BCUT2D eigenvalue weighted by Crippen LogP contribution is -2.08. The lowest BCUT2D eigenvalue weighted by atomic mass is 10.4. The van der Waals surface area contributed by atoms with E-state index in [0.717, 1.165) is 19.4 Å². The first-order valence-corrected chi connectivity index (χ1v) is 6.11. The Bertz CT molecular complexity index is 350. The predicted molar refractivity (Wildman–Crippen MR) is 63.7 cm³/mol. The molecule has 102 valence electrons. The van der Waals surface area contributed by atoms with E-state index in [1.165, 1.54) is 6.26 Å². The van der Waals surface area contributed by atoms with Gasteiger partial charge in [-0.25, -0.2) is 4.79 Å². The fourth-order valence-corrected chi connectivity index (χ4v) is 1.16. The van der Waals surface area contributed by atoms with Gasteiger partial charge in [-0.15, -0.1) is 0 Å². The molecule has 0 fully saturated rings. The zero-order chi connectivity index (χ0) is 13.2. The van der Waals surface area contributed by atoms with Crippen molar-refractivity contribution in [2.75, 3.05) is 26.4 Å². The lowest BCUT2D eigenvalue weighted by molar-refractivity contribution is 0.0519. The molecule has 0 aliphatic carbocycles. The van der Waals surface area contributed by atoms with E-state index < -0.39 is 5.97 Å². The Labute approximate surface area is 106 Å². The van der Waals surface area contributed by atoms with E-state index in [-0.39, 0.29) is 11.8 Å². The SMILES string of the molecule is CCCCOCCOc1nc(C(=O)OCC)co1. The summed E-state index contributed by atoms with van der Waals surface area (Å²) in [6, 6.07) is 0. The fraction of sp³-hybridized carbons (Fsp3) is 0.667. The molecule has 0 N–H and O–H groups in total. The van der Waals surface area contributed by atoms with E-state index in [0.29, 0.717) is 19.8 Å². The van der Waals surface area contributed by atoms with Gasteiger partial charge in [0, 0.05) is 6.61 Å². The Balaban J connectivity index is 2.21. The highest BCUT2D eigenvalue weighted by molar-refractivity contribution is 5.86. The predicted octanol–water partition coefficient (Wildman–Crippen LogP) is 2.05. The maximum Gasteiger partial charge on any atom is 0.394 e. The van der Waals surface area contributed by atoms with Crippen LogP contribution in [0.1, 0.15) is 37.2 Å². The van der Waals surface area contributed by atoms with Crippen LogP contribution < -0.4 is 4.74 Å². The third kappa shape index (κ3) is 5.18. The Morgan fingerprint density at radius 1 is 1.33 bits per heavy atom. The molecule has 1 aromatic heterocycles. The first kappa shape index (κ1) is 14.5. The zero-order valence-corrected chi connectivity index (χ0v) is 10.8. The number of esters is 1. The molecule has 0 aliphatic rings. The number of hydrogen-bond acceptors (Lipinski definition) is 6. The van der Waals surface area contributed by atoms with Gasteiger partial charge in [-0.1, -0.05) is 13.3 Å². The van der Waals surface area contributed by atoms with Crippen LogP contribution in [0, 0.1) is 0 Å². The van der Waals surface area contributed by atoms with Crippen LogP contribution in [-0.4, -0.2) is 37.4 Å². The summed E-state index contributed by atoms with van der Waals surface area (Å²) in [5, 5.41) is 0.